The number of carbonyl (C=O) groups excluding carboxylic acids is 1. The SMILES string of the molecule is CCN(CC(O)c1ccc(C)cc1)C(=O)NCCC(F)(F)F. The molecule has 1 unspecified atom stereocenters. The number of urea groups is 1. The Kier molecular flexibility index (Phi) is 6.67. The Morgan fingerprint density at radius 1 is 1.32 bits per heavy atom. The number of carbonyl (C=O) groups is 1. The lowest BCUT2D eigenvalue weighted by atomic mass is 10.1. The largest absolute Gasteiger partial charge is 0.390 e. The third kappa shape index (κ3) is 6.34. The van der Waals surface area contributed by atoms with Gasteiger partial charge in [-0.05, 0) is 19.4 Å². The van der Waals surface area contributed by atoms with Gasteiger partial charge in [-0.1, -0.05) is 29.8 Å². The maximum atomic E-state index is 12.0. The number of rotatable bonds is 6. The molecule has 1 rings (SSSR count). The van der Waals surface area contributed by atoms with Crippen molar-refractivity contribution in [1.29, 1.82) is 0 Å². The number of alkyl halides is 3. The molecule has 0 saturated heterocycles. The van der Waals surface area contributed by atoms with Gasteiger partial charge in [0.1, 0.15) is 0 Å². The van der Waals surface area contributed by atoms with Gasteiger partial charge in [0, 0.05) is 13.1 Å². The average molecular weight is 318 g/mol. The van der Waals surface area contributed by atoms with E-state index in [0.717, 1.165) is 5.56 Å². The van der Waals surface area contributed by atoms with Crippen LogP contribution in [0.3, 0.4) is 0 Å². The van der Waals surface area contributed by atoms with Gasteiger partial charge in [0.25, 0.3) is 0 Å². The lowest BCUT2D eigenvalue weighted by Gasteiger charge is -2.24. The molecule has 0 fully saturated rings. The van der Waals surface area contributed by atoms with Crippen LogP contribution in [-0.4, -0.2) is 41.8 Å². The summed E-state index contributed by atoms with van der Waals surface area (Å²) in [5, 5.41) is 12.3. The molecular formula is C15H21F3N2O2. The Labute approximate surface area is 127 Å². The van der Waals surface area contributed by atoms with Crippen molar-refractivity contribution in [2.24, 2.45) is 0 Å². The van der Waals surface area contributed by atoms with E-state index in [9.17, 15) is 23.1 Å². The predicted molar refractivity (Wildman–Crippen MR) is 77.5 cm³/mol. The molecule has 0 spiro atoms. The molecule has 0 aliphatic carbocycles. The van der Waals surface area contributed by atoms with E-state index in [-0.39, 0.29) is 6.54 Å². The first kappa shape index (κ1) is 18.3. The number of aliphatic hydroxyl groups excluding tert-OH is 1. The lowest BCUT2D eigenvalue weighted by molar-refractivity contribution is -0.133. The monoisotopic (exact) mass is 318 g/mol. The molecule has 0 heterocycles. The van der Waals surface area contributed by atoms with E-state index in [2.05, 4.69) is 5.32 Å². The summed E-state index contributed by atoms with van der Waals surface area (Å²) in [6, 6.07) is 6.60. The van der Waals surface area contributed by atoms with E-state index in [4.69, 9.17) is 0 Å². The fourth-order valence-electron chi connectivity index (χ4n) is 1.88. The minimum Gasteiger partial charge on any atom is -0.387 e. The summed E-state index contributed by atoms with van der Waals surface area (Å²) in [6.07, 6.45) is -6.25. The zero-order valence-electron chi connectivity index (χ0n) is 12.7. The molecule has 1 aromatic carbocycles. The van der Waals surface area contributed by atoms with Gasteiger partial charge in [-0.25, -0.2) is 4.79 Å². The van der Waals surface area contributed by atoms with Crippen molar-refractivity contribution in [3.05, 3.63) is 35.4 Å². The number of nitrogens with one attached hydrogen (secondary N) is 1. The van der Waals surface area contributed by atoms with Crippen LogP contribution in [0.4, 0.5) is 18.0 Å². The molecule has 22 heavy (non-hydrogen) atoms. The van der Waals surface area contributed by atoms with E-state index >= 15 is 0 Å². The van der Waals surface area contributed by atoms with Gasteiger partial charge in [-0.15, -0.1) is 0 Å². The molecule has 0 aliphatic rings. The highest BCUT2D eigenvalue weighted by molar-refractivity contribution is 5.74. The molecule has 0 saturated carbocycles. The molecule has 0 aliphatic heterocycles. The van der Waals surface area contributed by atoms with Crippen LogP contribution in [0.5, 0.6) is 0 Å². The summed E-state index contributed by atoms with van der Waals surface area (Å²) >= 11 is 0. The van der Waals surface area contributed by atoms with Crippen LogP contribution in [-0.2, 0) is 0 Å². The summed E-state index contributed by atoms with van der Waals surface area (Å²) in [4.78, 5) is 13.1. The highest BCUT2D eigenvalue weighted by Gasteiger charge is 2.27. The number of hydrogen-bond donors (Lipinski definition) is 2. The van der Waals surface area contributed by atoms with Crippen LogP contribution < -0.4 is 5.32 Å². The predicted octanol–water partition coefficient (Wildman–Crippen LogP) is 3.01. The second kappa shape index (κ2) is 8.03. The lowest BCUT2D eigenvalue weighted by Crippen LogP contribution is -2.43. The average Bonchev–Trinajstić information content (AvgIpc) is 2.43. The standard InChI is InChI=1S/C15H21F3N2O2/c1-3-20(14(22)19-9-8-15(16,17)18)10-13(21)12-6-4-11(2)5-7-12/h4-7,13,21H,3,8-10H2,1-2H3,(H,19,22). The minimum atomic E-state index is -4.30. The molecular weight excluding hydrogens is 297 g/mol. The van der Waals surface area contributed by atoms with Gasteiger partial charge < -0.3 is 15.3 Å². The van der Waals surface area contributed by atoms with Crippen LogP contribution in [0.15, 0.2) is 24.3 Å². The maximum absolute atomic E-state index is 12.0. The molecule has 0 bridgehead atoms. The second-order valence-corrected chi connectivity index (χ2v) is 5.06. The maximum Gasteiger partial charge on any atom is 0.390 e. The van der Waals surface area contributed by atoms with Crippen LogP contribution in [0.25, 0.3) is 0 Å². The number of nitrogens with zero attached hydrogens (tertiary/aromatic N) is 1. The first-order chi connectivity index (χ1) is 10.2. The zero-order valence-corrected chi connectivity index (χ0v) is 12.7. The summed E-state index contributed by atoms with van der Waals surface area (Å²) < 4.78 is 36.1. The van der Waals surface area contributed by atoms with Crippen LogP contribution in [0, 0.1) is 6.92 Å². The van der Waals surface area contributed by atoms with Crippen LogP contribution >= 0.6 is 0 Å². The van der Waals surface area contributed by atoms with Gasteiger partial charge in [0.05, 0.1) is 19.1 Å². The molecule has 1 aromatic rings. The molecule has 4 nitrogen and oxygen atoms in total. The first-order valence-corrected chi connectivity index (χ1v) is 7.07. The highest BCUT2D eigenvalue weighted by atomic mass is 19.4. The summed E-state index contributed by atoms with van der Waals surface area (Å²) in [5.41, 5.74) is 1.71. The van der Waals surface area contributed by atoms with Gasteiger partial charge in [0.15, 0.2) is 0 Å². The number of hydrogen-bond acceptors (Lipinski definition) is 2. The van der Waals surface area contributed by atoms with E-state index < -0.39 is 31.3 Å². The number of aliphatic hydroxyl groups is 1. The van der Waals surface area contributed by atoms with Crippen molar-refractivity contribution >= 4 is 6.03 Å². The quantitative estimate of drug-likeness (QED) is 0.847. The van der Waals surface area contributed by atoms with Crippen molar-refractivity contribution in [3.63, 3.8) is 0 Å². The van der Waals surface area contributed by atoms with E-state index in [1.807, 2.05) is 19.1 Å². The normalized spacial score (nSPS) is 12.8. The van der Waals surface area contributed by atoms with Crippen molar-refractivity contribution in [2.75, 3.05) is 19.6 Å². The Morgan fingerprint density at radius 3 is 2.41 bits per heavy atom. The molecule has 1 atom stereocenters. The Balaban J connectivity index is 2.52. The summed E-state index contributed by atoms with van der Waals surface area (Å²) in [7, 11) is 0. The van der Waals surface area contributed by atoms with Gasteiger partial charge in [-0.2, -0.15) is 13.2 Å². The number of halogens is 3. The van der Waals surface area contributed by atoms with Crippen molar-refractivity contribution in [1.82, 2.24) is 10.2 Å². The number of aryl methyl sites for hydroxylation is 1. The Morgan fingerprint density at radius 2 is 1.91 bits per heavy atom. The fraction of sp³-hybridized carbons (Fsp3) is 0.533. The Hall–Kier alpha value is -1.76. The van der Waals surface area contributed by atoms with Crippen LogP contribution in [0.2, 0.25) is 0 Å². The third-order valence-electron chi connectivity index (χ3n) is 3.21. The molecule has 2 N–H and O–H groups in total. The summed E-state index contributed by atoms with van der Waals surface area (Å²) in [6.45, 7) is 3.46. The first-order valence-electron chi connectivity index (χ1n) is 7.07. The number of benzene rings is 1. The molecule has 0 radical (unpaired) electrons. The smallest absolute Gasteiger partial charge is 0.387 e. The van der Waals surface area contributed by atoms with E-state index in [0.29, 0.717) is 12.1 Å². The topological polar surface area (TPSA) is 52.6 Å². The fourth-order valence-corrected chi connectivity index (χ4v) is 1.88. The minimum absolute atomic E-state index is 0.0252. The van der Waals surface area contributed by atoms with Crippen molar-refractivity contribution in [3.8, 4) is 0 Å². The van der Waals surface area contributed by atoms with Gasteiger partial charge in [-0.3, -0.25) is 0 Å². The van der Waals surface area contributed by atoms with E-state index in [1.54, 1.807) is 19.1 Å². The summed E-state index contributed by atoms with van der Waals surface area (Å²) in [5.74, 6) is 0. The molecule has 0 aromatic heterocycles. The van der Waals surface area contributed by atoms with Crippen molar-refractivity contribution < 1.29 is 23.1 Å². The Bertz CT molecular complexity index is 475. The van der Waals surface area contributed by atoms with E-state index in [1.165, 1.54) is 4.90 Å². The van der Waals surface area contributed by atoms with Crippen molar-refractivity contribution in [2.45, 2.75) is 32.5 Å². The molecule has 7 heteroatoms. The van der Waals surface area contributed by atoms with Gasteiger partial charge >= 0.3 is 12.2 Å². The molecule has 124 valence electrons. The second-order valence-electron chi connectivity index (χ2n) is 5.06. The number of likely N-dealkylation sites (N-methyl/N-ethyl adjacent to an activating group) is 1. The number of amides is 2. The van der Waals surface area contributed by atoms with Crippen LogP contribution in [0.1, 0.15) is 30.6 Å². The molecule has 2 amide bonds. The third-order valence-corrected chi connectivity index (χ3v) is 3.21. The highest BCUT2D eigenvalue weighted by Crippen LogP contribution is 2.18. The van der Waals surface area contributed by atoms with Gasteiger partial charge in [0.2, 0.25) is 0 Å². The zero-order chi connectivity index (χ0) is 16.8.